The van der Waals surface area contributed by atoms with Gasteiger partial charge in [-0.1, -0.05) is 13.8 Å². The molecule has 28 heavy (non-hydrogen) atoms. The smallest absolute Gasteiger partial charge is 0.303 e. The van der Waals surface area contributed by atoms with E-state index in [2.05, 4.69) is 13.8 Å². The maximum absolute atomic E-state index is 11.4. The number of fused-ring (bicyclic) bond motifs is 5. The van der Waals surface area contributed by atoms with E-state index in [4.69, 9.17) is 4.74 Å². The Bertz CT molecular complexity index is 616. The highest BCUT2D eigenvalue weighted by atomic mass is 16.5. The van der Waals surface area contributed by atoms with E-state index in [9.17, 15) is 14.7 Å². The van der Waals surface area contributed by atoms with Gasteiger partial charge >= 0.3 is 11.9 Å². The Morgan fingerprint density at radius 1 is 1.04 bits per heavy atom. The number of carbonyl (C=O) groups is 2. The zero-order chi connectivity index (χ0) is 20.1. The van der Waals surface area contributed by atoms with Gasteiger partial charge in [-0.15, -0.1) is 0 Å². The summed E-state index contributed by atoms with van der Waals surface area (Å²) in [7, 11) is 0. The normalized spacial score (nSPS) is 46.0. The number of rotatable bonds is 4. The van der Waals surface area contributed by atoms with Crippen LogP contribution in [-0.2, 0) is 14.3 Å². The van der Waals surface area contributed by atoms with E-state index >= 15 is 0 Å². The predicted octanol–water partition coefficient (Wildman–Crippen LogP) is 5.30. The minimum atomic E-state index is -0.637. The molecular weight excluding hydrogens is 352 g/mol. The first kappa shape index (κ1) is 20.2. The van der Waals surface area contributed by atoms with Gasteiger partial charge in [-0.3, -0.25) is 9.59 Å². The van der Waals surface area contributed by atoms with Gasteiger partial charge in [-0.05, 0) is 105 Å². The number of carboxylic acids is 1. The van der Waals surface area contributed by atoms with Crippen molar-refractivity contribution in [2.75, 3.05) is 0 Å². The summed E-state index contributed by atoms with van der Waals surface area (Å²) in [6.07, 6.45) is 11.6. The van der Waals surface area contributed by atoms with Crippen molar-refractivity contribution in [3.05, 3.63) is 0 Å². The molecule has 4 heteroatoms. The summed E-state index contributed by atoms with van der Waals surface area (Å²) >= 11 is 0. The fourth-order valence-corrected chi connectivity index (χ4v) is 8.39. The van der Waals surface area contributed by atoms with Crippen LogP contribution in [0.15, 0.2) is 0 Å². The van der Waals surface area contributed by atoms with Crippen LogP contribution in [0, 0.1) is 46.8 Å². The third-order valence-electron chi connectivity index (χ3n) is 9.55. The summed E-state index contributed by atoms with van der Waals surface area (Å²) in [5.74, 6) is 4.11. The SMILES string of the molecule is CC(=O)OC1CC[C@@]2(C)C(CC[C@H]3[C@@H]4CCC(C(C)CC(=O)O)[C@H]4CC[C@@H]32)C1. The van der Waals surface area contributed by atoms with Crippen molar-refractivity contribution >= 4 is 11.9 Å². The van der Waals surface area contributed by atoms with Crippen LogP contribution in [0.25, 0.3) is 0 Å². The minimum absolute atomic E-state index is 0.129. The number of carboxylic acid groups (broad SMARTS) is 1. The van der Waals surface area contributed by atoms with Gasteiger partial charge in [-0.25, -0.2) is 0 Å². The average molecular weight is 391 g/mol. The van der Waals surface area contributed by atoms with Crippen LogP contribution in [0.1, 0.15) is 85.0 Å². The Kier molecular flexibility index (Phi) is 5.52. The van der Waals surface area contributed by atoms with E-state index in [1.54, 1.807) is 0 Å². The molecule has 4 saturated carbocycles. The summed E-state index contributed by atoms with van der Waals surface area (Å²) < 4.78 is 5.58. The maximum atomic E-state index is 11.4. The molecule has 0 aromatic heterocycles. The zero-order valence-corrected chi connectivity index (χ0v) is 17.9. The number of esters is 1. The van der Waals surface area contributed by atoms with E-state index in [1.165, 1.54) is 51.9 Å². The molecule has 158 valence electrons. The van der Waals surface area contributed by atoms with Crippen LogP contribution in [0.4, 0.5) is 0 Å². The van der Waals surface area contributed by atoms with Crippen LogP contribution in [-0.4, -0.2) is 23.1 Å². The number of carbonyl (C=O) groups excluding carboxylic acids is 1. The van der Waals surface area contributed by atoms with E-state index in [-0.39, 0.29) is 12.1 Å². The summed E-state index contributed by atoms with van der Waals surface area (Å²) in [6, 6.07) is 0. The van der Waals surface area contributed by atoms with Crippen molar-refractivity contribution in [1.82, 2.24) is 0 Å². The van der Waals surface area contributed by atoms with Gasteiger partial charge in [0.1, 0.15) is 6.10 Å². The Balaban J connectivity index is 1.45. The lowest BCUT2D eigenvalue weighted by molar-refractivity contribution is -0.157. The molecule has 4 rings (SSSR count). The molecule has 0 spiro atoms. The van der Waals surface area contributed by atoms with Crippen LogP contribution >= 0.6 is 0 Å². The molecule has 0 amide bonds. The molecule has 0 heterocycles. The monoisotopic (exact) mass is 390 g/mol. The molecule has 0 aromatic rings. The van der Waals surface area contributed by atoms with Gasteiger partial charge in [-0.2, -0.15) is 0 Å². The Morgan fingerprint density at radius 3 is 2.46 bits per heavy atom. The van der Waals surface area contributed by atoms with Gasteiger partial charge in [0.05, 0.1) is 0 Å². The van der Waals surface area contributed by atoms with E-state index < -0.39 is 5.97 Å². The van der Waals surface area contributed by atoms with E-state index in [1.807, 2.05) is 0 Å². The molecule has 4 fully saturated rings. The summed E-state index contributed by atoms with van der Waals surface area (Å²) in [5, 5.41) is 9.24. The lowest BCUT2D eigenvalue weighted by atomic mass is 9.46. The number of ether oxygens (including phenoxy) is 1. The average Bonchev–Trinajstić information content (AvgIpc) is 3.05. The molecule has 4 nitrogen and oxygen atoms in total. The van der Waals surface area contributed by atoms with E-state index in [0.717, 1.165) is 36.5 Å². The molecule has 4 aliphatic rings. The van der Waals surface area contributed by atoms with Crippen molar-refractivity contribution in [2.45, 2.75) is 91.1 Å². The lowest BCUT2D eigenvalue weighted by Gasteiger charge is -2.59. The van der Waals surface area contributed by atoms with Gasteiger partial charge in [0, 0.05) is 13.3 Å². The molecule has 0 saturated heterocycles. The van der Waals surface area contributed by atoms with Gasteiger partial charge < -0.3 is 9.84 Å². The van der Waals surface area contributed by atoms with Crippen molar-refractivity contribution in [1.29, 1.82) is 0 Å². The molecule has 1 N–H and O–H groups in total. The summed E-state index contributed by atoms with van der Waals surface area (Å²) in [6.45, 7) is 6.24. The van der Waals surface area contributed by atoms with Crippen molar-refractivity contribution in [3.8, 4) is 0 Å². The number of hydrogen-bond donors (Lipinski definition) is 1. The second-order valence-electron chi connectivity index (χ2n) is 10.8. The molecule has 4 unspecified atom stereocenters. The third-order valence-corrected chi connectivity index (χ3v) is 9.55. The second-order valence-corrected chi connectivity index (χ2v) is 10.8. The first-order valence-corrected chi connectivity index (χ1v) is 11.7. The molecule has 9 atom stereocenters. The highest BCUT2D eigenvalue weighted by Crippen LogP contribution is 2.64. The highest BCUT2D eigenvalue weighted by Gasteiger charge is 2.57. The number of hydrogen-bond acceptors (Lipinski definition) is 3. The summed E-state index contributed by atoms with van der Waals surface area (Å²) in [4.78, 5) is 22.6. The van der Waals surface area contributed by atoms with Gasteiger partial charge in [0.15, 0.2) is 0 Å². The van der Waals surface area contributed by atoms with Crippen molar-refractivity contribution in [3.63, 3.8) is 0 Å². The van der Waals surface area contributed by atoms with Gasteiger partial charge in [0.2, 0.25) is 0 Å². The van der Waals surface area contributed by atoms with Crippen LogP contribution < -0.4 is 0 Å². The molecular formula is C24H38O4. The molecule has 0 aromatic carbocycles. The highest BCUT2D eigenvalue weighted by molar-refractivity contribution is 5.67. The third kappa shape index (κ3) is 3.50. The van der Waals surface area contributed by atoms with Crippen LogP contribution in [0.3, 0.4) is 0 Å². The van der Waals surface area contributed by atoms with Crippen LogP contribution in [0.5, 0.6) is 0 Å². The Hall–Kier alpha value is -1.06. The molecule has 0 aliphatic heterocycles. The number of aliphatic carboxylic acids is 1. The molecule has 4 aliphatic carbocycles. The molecule has 0 bridgehead atoms. The van der Waals surface area contributed by atoms with Crippen molar-refractivity contribution < 1.29 is 19.4 Å². The maximum Gasteiger partial charge on any atom is 0.303 e. The summed E-state index contributed by atoms with van der Waals surface area (Å²) in [5.41, 5.74) is 0.412. The second kappa shape index (κ2) is 7.65. The first-order valence-electron chi connectivity index (χ1n) is 11.7. The fourth-order valence-electron chi connectivity index (χ4n) is 8.39. The Morgan fingerprint density at radius 2 is 1.75 bits per heavy atom. The minimum Gasteiger partial charge on any atom is -0.481 e. The standard InChI is InChI=1S/C24H38O4/c1-14(12-23(26)27)18-6-7-20-19(18)8-9-22-21(20)5-4-16-13-17(28-15(2)25)10-11-24(16,22)3/h14,16-22H,4-13H2,1-3H3,(H,26,27)/t14?,16?,17?,18?,19-,20-,21+,22+,24+/m1/s1. The zero-order valence-electron chi connectivity index (χ0n) is 17.9. The van der Waals surface area contributed by atoms with Crippen LogP contribution in [0.2, 0.25) is 0 Å². The van der Waals surface area contributed by atoms with E-state index in [0.29, 0.717) is 29.6 Å². The lowest BCUT2D eigenvalue weighted by Crippen LogP contribution is -2.52. The molecule has 0 radical (unpaired) electrons. The Labute approximate surface area is 169 Å². The van der Waals surface area contributed by atoms with Gasteiger partial charge in [0.25, 0.3) is 0 Å². The fraction of sp³-hybridized carbons (Fsp3) is 0.917. The topological polar surface area (TPSA) is 63.6 Å². The first-order chi connectivity index (χ1) is 13.3. The van der Waals surface area contributed by atoms with Crippen molar-refractivity contribution in [2.24, 2.45) is 46.8 Å². The predicted molar refractivity (Wildman–Crippen MR) is 108 cm³/mol. The largest absolute Gasteiger partial charge is 0.481 e. The quantitative estimate of drug-likeness (QED) is 0.662.